The molecule has 3 aromatic rings. The fraction of sp³-hybridized carbons (Fsp3) is 0.368. The first-order chi connectivity index (χ1) is 11.7. The van der Waals surface area contributed by atoms with Crippen molar-refractivity contribution in [1.82, 2.24) is 15.0 Å². The van der Waals surface area contributed by atoms with Gasteiger partial charge < -0.3 is 20.3 Å². The van der Waals surface area contributed by atoms with Crippen LogP contribution >= 0.6 is 12.4 Å². The molecule has 26 heavy (non-hydrogen) atoms. The summed E-state index contributed by atoms with van der Waals surface area (Å²) >= 11 is 0. The fourth-order valence-electron chi connectivity index (χ4n) is 3.29. The molecule has 1 aliphatic heterocycles. The van der Waals surface area contributed by atoms with Crippen LogP contribution in [0.15, 0.2) is 36.4 Å². The van der Waals surface area contributed by atoms with Gasteiger partial charge in [0, 0.05) is 32.9 Å². The summed E-state index contributed by atoms with van der Waals surface area (Å²) in [7, 11) is 3.98. The van der Waals surface area contributed by atoms with Crippen molar-refractivity contribution in [3.05, 3.63) is 36.4 Å². The molecule has 4 rings (SSSR count). The van der Waals surface area contributed by atoms with Gasteiger partial charge in [-0.1, -0.05) is 30.3 Å². The van der Waals surface area contributed by atoms with E-state index in [9.17, 15) is 0 Å². The number of rotatable bonds is 3. The van der Waals surface area contributed by atoms with Gasteiger partial charge in [-0.25, -0.2) is 4.98 Å². The van der Waals surface area contributed by atoms with E-state index in [1.165, 1.54) is 24.8 Å². The van der Waals surface area contributed by atoms with E-state index < -0.39 is 0 Å². The second-order valence-corrected chi connectivity index (χ2v) is 6.60. The summed E-state index contributed by atoms with van der Waals surface area (Å²) in [5.74, 6) is 1.80. The van der Waals surface area contributed by atoms with Gasteiger partial charge in [0.25, 0.3) is 0 Å². The van der Waals surface area contributed by atoms with Crippen LogP contribution in [0.2, 0.25) is 0 Å². The molecule has 1 aromatic carbocycles. The Labute approximate surface area is 160 Å². The summed E-state index contributed by atoms with van der Waals surface area (Å²) in [6, 6.07) is 12.5. The summed E-state index contributed by atoms with van der Waals surface area (Å²) in [6.45, 7) is 2.14. The lowest BCUT2D eigenvalue weighted by Crippen LogP contribution is -2.31. The number of fused-ring (bicyclic) bond motifs is 1. The number of nitrogens with zero attached hydrogens (tertiary/aromatic N) is 4. The quantitative estimate of drug-likeness (QED) is 0.761. The van der Waals surface area contributed by atoms with Crippen molar-refractivity contribution in [2.75, 3.05) is 37.0 Å². The van der Waals surface area contributed by atoms with Gasteiger partial charge in [-0.3, -0.25) is 0 Å². The summed E-state index contributed by atoms with van der Waals surface area (Å²) in [5, 5.41) is 0. The van der Waals surface area contributed by atoms with Crippen LogP contribution in [0, 0.1) is 0 Å². The Balaban J connectivity index is 0.00000121. The largest absolute Gasteiger partial charge is 0.412 e. The van der Waals surface area contributed by atoms with E-state index in [1.807, 2.05) is 25.1 Å². The Morgan fingerprint density at radius 2 is 1.69 bits per heavy atom. The molecular weight excluding hydrogens is 350 g/mol. The predicted molar refractivity (Wildman–Crippen MR) is 111 cm³/mol. The minimum absolute atomic E-state index is 0. The van der Waals surface area contributed by atoms with E-state index in [0.717, 1.165) is 41.6 Å². The van der Waals surface area contributed by atoms with Crippen molar-refractivity contribution in [3.8, 4) is 11.3 Å². The van der Waals surface area contributed by atoms with Gasteiger partial charge in [0.2, 0.25) is 5.95 Å². The maximum Gasteiger partial charge on any atom is 0.227 e. The Kier molecular flexibility index (Phi) is 6.45. The van der Waals surface area contributed by atoms with E-state index in [4.69, 9.17) is 9.97 Å². The van der Waals surface area contributed by atoms with E-state index in [2.05, 4.69) is 40.2 Å². The number of anilines is 2. The minimum Gasteiger partial charge on any atom is -0.412 e. The molecule has 0 bridgehead atoms. The molecule has 7 heteroatoms. The number of piperidine rings is 1. The standard InChI is InChI=1S/C19H23N5.ClH.H2O/c1-23(2)19-21-16-13-15(14-9-5-3-6-10-14)20-17(16)18(22-19)24-11-7-4-8-12-24;;/h3,5-6,9-10,13,20H,4,7-8,11-12H2,1-2H3;1H;1H2. The van der Waals surface area contributed by atoms with Crippen LogP contribution in [0.25, 0.3) is 22.3 Å². The number of nitrogens with one attached hydrogen (secondary N) is 1. The Bertz CT molecular complexity index is 844. The van der Waals surface area contributed by atoms with Crippen LogP contribution in [0.4, 0.5) is 11.8 Å². The summed E-state index contributed by atoms with van der Waals surface area (Å²) in [6.07, 6.45) is 3.77. The smallest absolute Gasteiger partial charge is 0.227 e. The molecule has 0 radical (unpaired) electrons. The van der Waals surface area contributed by atoms with E-state index >= 15 is 0 Å². The van der Waals surface area contributed by atoms with Crippen molar-refractivity contribution in [3.63, 3.8) is 0 Å². The second kappa shape index (κ2) is 8.38. The maximum absolute atomic E-state index is 4.84. The van der Waals surface area contributed by atoms with Gasteiger partial charge in [0.15, 0.2) is 5.82 Å². The van der Waals surface area contributed by atoms with Crippen LogP contribution in [0.5, 0.6) is 0 Å². The van der Waals surface area contributed by atoms with Crippen molar-refractivity contribution in [1.29, 1.82) is 0 Å². The number of hydrogen-bond acceptors (Lipinski definition) is 4. The highest BCUT2D eigenvalue weighted by Gasteiger charge is 2.19. The molecule has 6 nitrogen and oxygen atoms in total. The van der Waals surface area contributed by atoms with Crippen LogP contribution in [0.3, 0.4) is 0 Å². The molecule has 0 saturated carbocycles. The summed E-state index contributed by atoms with van der Waals surface area (Å²) in [5.41, 5.74) is 4.29. The summed E-state index contributed by atoms with van der Waals surface area (Å²) in [4.78, 5) is 17.5. The maximum atomic E-state index is 4.84. The predicted octanol–water partition coefficient (Wildman–Crippen LogP) is 3.28. The van der Waals surface area contributed by atoms with Gasteiger partial charge in [-0.05, 0) is 30.9 Å². The van der Waals surface area contributed by atoms with E-state index in [1.54, 1.807) is 0 Å². The molecule has 3 heterocycles. The first kappa shape index (κ1) is 20.0. The zero-order valence-corrected chi connectivity index (χ0v) is 16.0. The molecule has 1 aliphatic rings. The molecule has 1 saturated heterocycles. The lowest BCUT2D eigenvalue weighted by molar-refractivity contribution is 0.574. The number of aromatic nitrogens is 3. The molecule has 0 amide bonds. The Morgan fingerprint density at radius 1 is 1.00 bits per heavy atom. The van der Waals surface area contributed by atoms with Gasteiger partial charge in [-0.2, -0.15) is 4.98 Å². The van der Waals surface area contributed by atoms with Crippen LogP contribution in [-0.4, -0.2) is 47.6 Å². The molecule has 0 spiro atoms. The number of aromatic amines is 1. The molecule has 0 unspecified atom stereocenters. The molecule has 0 atom stereocenters. The van der Waals surface area contributed by atoms with Gasteiger partial charge >= 0.3 is 0 Å². The molecule has 2 aromatic heterocycles. The molecule has 140 valence electrons. The monoisotopic (exact) mass is 375 g/mol. The third kappa shape index (κ3) is 3.76. The molecule has 1 fully saturated rings. The van der Waals surface area contributed by atoms with Gasteiger partial charge in [0.1, 0.15) is 5.52 Å². The van der Waals surface area contributed by atoms with Gasteiger partial charge in [-0.15, -0.1) is 12.4 Å². The lowest BCUT2D eigenvalue weighted by atomic mass is 10.1. The van der Waals surface area contributed by atoms with E-state index in [-0.39, 0.29) is 17.9 Å². The molecular formula is C19H26ClN5O. The van der Waals surface area contributed by atoms with Gasteiger partial charge in [0.05, 0.1) is 5.52 Å². The second-order valence-electron chi connectivity index (χ2n) is 6.60. The van der Waals surface area contributed by atoms with Crippen molar-refractivity contribution < 1.29 is 5.48 Å². The zero-order chi connectivity index (χ0) is 16.5. The topological polar surface area (TPSA) is 79.6 Å². The normalized spacial score (nSPS) is 13.8. The average molecular weight is 376 g/mol. The van der Waals surface area contributed by atoms with Crippen LogP contribution in [0.1, 0.15) is 19.3 Å². The number of halogens is 1. The van der Waals surface area contributed by atoms with Crippen molar-refractivity contribution in [2.24, 2.45) is 0 Å². The van der Waals surface area contributed by atoms with Crippen LogP contribution < -0.4 is 9.80 Å². The molecule has 0 aliphatic carbocycles. The van der Waals surface area contributed by atoms with Crippen LogP contribution in [-0.2, 0) is 0 Å². The highest BCUT2D eigenvalue weighted by atomic mass is 35.5. The number of hydrogen-bond donors (Lipinski definition) is 1. The van der Waals surface area contributed by atoms with Crippen molar-refractivity contribution in [2.45, 2.75) is 19.3 Å². The third-order valence-corrected chi connectivity index (χ3v) is 4.59. The highest BCUT2D eigenvalue weighted by Crippen LogP contribution is 2.31. The fourth-order valence-corrected chi connectivity index (χ4v) is 3.29. The number of H-pyrrole nitrogens is 1. The zero-order valence-electron chi connectivity index (χ0n) is 15.2. The number of benzene rings is 1. The first-order valence-corrected chi connectivity index (χ1v) is 8.61. The summed E-state index contributed by atoms with van der Waals surface area (Å²) < 4.78 is 0. The highest BCUT2D eigenvalue weighted by molar-refractivity contribution is 5.91. The van der Waals surface area contributed by atoms with E-state index in [0.29, 0.717) is 0 Å². The molecule has 3 N–H and O–H groups in total. The average Bonchev–Trinajstić information content (AvgIpc) is 3.06. The SMILES string of the molecule is CN(C)c1nc(N2CCCCC2)c2[nH]c(-c3ccccc3)cc2n1.Cl.O. The Hall–Kier alpha value is -2.31. The minimum atomic E-state index is 0. The van der Waals surface area contributed by atoms with Crippen molar-refractivity contribution >= 4 is 35.2 Å². The lowest BCUT2D eigenvalue weighted by Gasteiger charge is -2.28. The third-order valence-electron chi connectivity index (χ3n) is 4.59. The Morgan fingerprint density at radius 3 is 2.35 bits per heavy atom. The first-order valence-electron chi connectivity index (χ1n) is 8.61.